The van der Waals surface area contributed by atoms with Gasteiger partial charge in [0.2, 0.25) is 5.43 Å². The molecule has 5 heteroatoms. The van der Waals surface area contributed by atoms with Gasteiger partial charge < -0.3 is 18.8 Å². The fourth-order valence-electron chi connectivity index (χ4n) is 5.88. The van der Waals surface area contributed by atoms with Crippen molar-refractivity contribution in [1.29, 1.82) is 0 Å². The molecule has 3 aromatic rings. The third kappa shape index (κ3) is 12.3. The zero-order valence-corrected chi connectivity index (χ0v) is 28.9. The standard InChI is InChI=1S/C42H57NO4/c1-5-9-10-11-12-13-14-15-16-17-18-19-20-21-22-26-29-43-37-33-36(45-30-6-2)34-38(46-31-7-3)39(37)41(44)42(47-32-8-4)40(43)35-27-24-23-25-28-35/h6-8,23-29,33-34H,2-5,9-22,30-32H2,1H3. The molecule has 0 atom stereocenters. The summed E-state index contributed by atoms with van der Waals surface area (Å²) in [6.07, 6.45) is 28.9. The SMILES string of the molecule is C=CCOc1cc(OCC=C)c2c(=O)c(OCC=C)c(-c3ccccc3)n(C=CCCCCCCCCCCCCCCCC)c2c1. The van der Waals surface area contributed by atoms with Gasteiger partial charge in [0.05, 0.1) is 16.6 Å². The van der Waals surface area contributed by atoms with E-state index in [1.807, 2.05) is 41.0 Å². The van der Waals surface area contributed by atoms with Crippen molar-refractivity contribution in [2.24, 2.45) is 0 Å². The highest BCUT2D eigenvalue weighted by molar-refractivity contribution is 5.93. The van der Waals surface area contributed by atoms with Crippen molar-refractivity contribution in [2.75, 3.05) is 19.8 Å². The average molecular weight is 640 g/mol. The molecule has 47 heavy (non-hydrogen) atoms. The lowest BCUT2D eigenvalue weighted by molar-refractivity contribution is 0.346. The Bertz CT molecular complexity index is 1450. The molecule has 0 N–H and O–H groups in total. The summed E-state index contributed by atoms with van der Waals surface area (Å²) in [5.74, 6) is 1.26. The number of benzene rings is 2. The van der Waals surface area contributed by atoms with Crippen LogP contribution in [0.3, 0.4) is 0 Å². The van der Waals surface area contributed by atoms with Gasteiger partial charge >= 0.3 is 0 Å². The summed E-state index contributed by atoms with van der Waals surface area (Å²) in [7, 11) is 0. The molecule has 254 valence electrons. The summed E-state index contributed by atoms with van der Waals surface area (Å²) in [5.41, 5.74) is 1.99. The zero-order valence-electron chi connectivity index (χ0n) is 28.9. The third-order valence-corrected chi connectivity index (χ3v) is 8.30. The Kier molecular flexibility index (Phi) is 18.0. The minimum atomic E-state index is -0.244. The van der Waals surface area contributed by atoms with Crippen molar-refractivity contribution >= 4 is 17.1 Å². The number of unbranched alkanes of at least 4 members (excludes halogenated alkanes) is 14. The van der Waals surface area contributed by atoms with Gasteiger partial charge in [0.15, 0.2) is 5.75 Å². The Morgan fingerprint density at radius 1 is 0.681 bits per heavy atom. The quantitative estimate of drug-likeness (QED) is 0.0648. The molecule has 0 fully saturated rings. The lowest BCUT2D eigenvalue weighted by atomic mass is 10.0. The van der Waals surface area contributed by atoms with Crippen LogP contribution in [0.4, 0.5) is 0 Å². The monoisotopic (exact) mass is 639 g/mol. The van der Waals surface area contributed by atoms with Gasteiger partial charge in [0.1, 0.15) is 31.3 Å². The maximum absolute atomic E-state index is 14.2. The van der Waals surface area contributed by atoms with E-state index in [9.17, 15) is 4.79 Å². The van der Waals surface area contributed by atoms with Gasteiger partial charge in [-0.25, -0.2) is 0 Å². The van der Waals surface area contributed by atoms with E-state index in [1.54, 1.807) is 24.3 Å². The summed E-state index contributed by atoms with van der Waals surface area (Å²) < 4.78 is 20.1. The largest absolute Gasteiger partial charge is 0.489 e. The molecule has 0 aliphatic heterocycles. The fraction of sp³-hybridized carbons (Fsp3) is 0.452. The minimum absolute atomic E-state index is 0.201. The van der Waals surface area contributed by atoms with E-state index >= 15 is 0 Å². The number of nitrogens with zero attached hydrogens (tertiary/aromatic N) is 1. The molecule has 0 amide bonds. The number of ether oxygens (including phenoxy) is 3. The van der Waals surface area contributed by atoms with Crippen molar-refractivity contribution in [1.82, 2.24) is 4.57 Å². The second kappa shape index (κ2) is 22.5. The second-order valence-electron chi connectivity index (χ2n) is 12.1. The topological polar surface area (TPSA) is 49.7 Å². The predicted molar refractivity (Wildman–Crippen MR) is 201 cm³/mol. The molecule has 2 aromatic carbocycles. The van der Waals surface area contributed by atoms with E-state index in [2.05, 4.69) is 38.9 Å². The van der Waals surface area contributed by atoms with Crippen LogP contribution in [0, 0.1) is 0 Å². The molecule has 1 aromatic heterocycles. The van der Waals surface area contributed by atoms with Crippen LogP contribution in [0.1, 0.15) is 103 Å². The van der Waals surface area contributed by atoms with Crippen LogP contribution in [0.2, 0.25) is 0 Å². The third-order valence-electron chi connectivity index (χ3n) is 8.30. The smallest absolute Gasteiger partial charge is 0.235 e. The maximum Gasteiger partial charge on any atom is 0.235 e. The Labute approximate surface area is 283 Å². The number of pyridine rings is 1. The van der Waals surface area contributed by atoms with Gasteiger partial charge in [-0.2, -0.15) is 0 Å². The molecule has 0 radical (unpaired) electrons. The van der Waals surface area contributed by atoms with Crippen LogP contribution in [0.5, 0.6) is 17.2 Å². The van der Waals surface area contributed by atoms with Gasteiger partial charge in [0, 0.05) is 23.9 Å². The van der Waals surface area contributed by atoms with Crippen molar-refractivity contribution in [3.63, 3.8) is 0 Å². The normalized spacial score (nSPS) is 11.2. The highest BCUT2D eigenvalue weighted by Gasteiger charge is 2.23. The molecule has 0 saturated heterocycles. The number of fused-ring (bicyclic) bond motifs is 1. The highest BCUT2D eigenvalue weighted by atomic mass is 16.5. The first-order valence-corrected chi connectivity index (χ1v) is 17.9. The fourth-order valence-corrected chi connectivity index (χ4v) is 5.88. The first-order chi connectivity index (χ1) is 23.2. The summed E-state index contributed by atoms with van der Waals surface area (Å²) >= 11 is 0. The predicted octanol–water partition coefficient (Wildman–Crippen LogP) is 11.7. The molecule has 0 aliphatic carbocycles. The van der Waals surface area contributed by atoms with Gasteiger partial charge in [-0.05, 0) is 12.8 Å². The number of aromatic nitrogens is 1. The number of allylic oxidation sites excluding steroid dienone is 1. The van der Waals surface area contributed by atoms with Crippen LogP contribution in [-0.4, -0.2) is 24.4 Å². The Morgan fingerprint density at radius 2 is 1.23 bits per heavy atom. The second-order valence-corrected chi connectivity index (χ2v) is 12.1. The van der Waals surface area contributed by atoms with Crippen molar-refractivity contribution < 1.29 is 14.2 Å². The average Bonchev–Trinajstić information content (AvgIpc) is 3.09. The molecular weight excluding hydrogens is 582 g/mol. The zero-order chi connectivity index (χ0) is 33.5. The number of rotatable bonds is 26. The Balaban J connectivity index is 1.78. The van der Waals surface area contributed by atoms with E-state index in [4.69, 9.17) is 14.2 Å². The minimum Gasteiger partial charge on any atom is -0.489 e. The first-order valence-electron chi connectivity index (χ1n) is 17.9. The van der Waals surface area contributed by atoms with Crippen LogP contribution in [0.15, 0.2) is 91.3 Å². The van der Waals surface area contributed by atoms with E-state index in [1.165, 1.54) is 83.5 Å². The first kappa shape index (κ1) is 37.5. The molecule has 3 rings (SSSR count). The lowest BCUT2D eigenvalue weighted by Gasteiger charge is -2.20. The van der Waals surface area contributed by atoms with Gasteiger partial charge in [0.25, 0.3) is 0 Å². The van der Waals surface area contributed by atoms with Gasteiger partial charge in [-0.1, -0.05) is 165 Å². The molecule has 0 aliphatic rings. The van der Waals surface area contributed by atoms with Gasteiger partial charge in [-0.15, -0.1) is 0 Å². The van der Waals surface area contributed by atoms with Crippen LogP contribution in [0.25, 0.3) is 28.4 Å². The van der Waals surface area contributed by atoms with E-state index in [0.29, 0.717) is 34.7 Å². The molecule has 5 nitrogen and oxygen atoms in total. The van der Waals surface area contributed by atoms with Crippen LogP contribution < -0.4 is 19.6 Å². The highest BCUT2D eigenvalue weighted by Crippen LogP contribution is 2.37. The van der Waals surface area contributed by atoms with Crippen molar-refractivity contribution in [3.05, 3.63) is 96.7 Å². The Morgan fingerprint density at radius 3 is 1.83 bits per heavy atom. The lowest BCUT2D eigenvalue weighted by Crippen LogP contribution is -2.16. The summed E-state index contributed by atoms with van der Waals surface area (Å²) in [4.78, 5) is 14.2. The maximum atomic E-state index is 14.2. The molecule has 1 heterocycles. The van der Waals surface area contributed by atoms with E-state index in [0.717, 1.165) is 18.4 Å². The van der Waals surface area contributed by atoms with E-state index < -0.39 is 0 Å². The number of hydrogen-bond acceptors (Lipinski definition) is 4. The van der Waals surface area contributed by atoms with E-state index in [-0.39, 0.29) is 24.4 Å². The molecule has 0 saturated carbocycles. The van der Waals surface area contributed by atoms with Crippen molar-refractivity contribution in [2.45, 2.75) is 103 Å². The number of hydrogen-bond donors (Lipinski definition) is 0. The van der Waals surface area contributed by atoms with Crippen LogP contribution in [-0.2, 0) is 0 Å². The Hall–Kier alpha value is -3.99. The summed E-state index contributed by atoms with van der Waals surface area (Å²) in [6, 6.07) is 13.5. The molecule has 0 bridgehead atoms. The molecular formula is C42H57NO4. The summed E-state index contributed by atoms with van der Waals surface area (Å²) in [5, 5.41) is 0.428. The van der Waals surface area contributed by atoms with Crippen molar-refractivity contribution in [3.8, 4) is 28.5 Å². The molecule has 0 unspecified atom stereocenters. The van der Waals surface area contributed by atoms with Gasteiger partial charge in [-0.3, -0.25) is 4.79 Å². The summed E-state index contributed by atoms with van der Waals surface area (Å²) in [6.45, 7) is 14.4. The van der Waals surface area contributed by atoms with Crippen LogP contribution >= 0.6 is 0 Å². The molecule has 0 spiro atoms.